The van der Waals surface area contributed by atoms with E-state index in [9.17, 15) is 43.6 Å². The normalized spacial score (nSPS) is 17.3. The fraction of sp³-hybridized carbons (Fsp3) is 0.185. The summed E-state index contributed by atoms with van der Waals surface area (Å²) in [6.07, 6.45) is -4.59. The average molecular weight is 637 g/mol. The van der Waals surface area contributed by atoms with Crippen LogP contribution in [0.3, 0.4) is 0 Å². The number of hydrogen-bond acceptors (Lipinski definition) is 10. The minimum Gasteiger partial charge on any atom is -0.478 e. The van der Waals surface area contributed by atoms with E-state index in [4.69, 9.17) is 17.3 Å². The molecule has 4 atom stereocenters. The number of aliphatic hydroxyl groups excluding tert-OH is 4. The van der Waals surface area contributed by atoms with Crippen LogP contribution in [0.25, 0.3) is 17.2 Å². The lowest BCUT2D eigenvalue weighted by atomic mass is 9.99. The Labute approximate surface area is 250 Å². The molecule has 2 aromatic carbocycles. The maximum absolute atomic E-state index is 13.7. The summed E-state index contributed by atoms with van der Waals surface area (Å²) in [5.74, 6) is -5.04. The van der Waals surface area contributed by atoms with E-state index in [1.165, 1.54) is 47.7 Å². The van der Waals surface area contributed by atoms with Gasteiger partial charge in [-0.15, -0.1) is 11.3 Å². The summed E-state index contributed by atoms with van der Waals surface area (Å²) in [5, 5.41) is 53.6. The van der Waals surface area contributed by atoms with Crippen molar-refractivity contribution < 1.29 is 48.7 Å². The van der Waals surface area contributed by atoms with Crippen LogP contribution in [-0.4, -0.2) is 83.5 Å². The predicted molar refractivity (Wildman–Crippen MR) is 156 cm³/mol. The van der Waals surface area contributed by atoms with Gasteiger partial charge in [-0.05, 0) is 65.0 Å². The number of nitrogens with one attached hydrogen (secondary N) is 1. The highest BCUT2D eigenvalue weighted by Crippen LogP contribution is 2.37. The van der Waals surface area contributed by atoms with Crippen molar-refractivity contribution >= 4 is 69.2 Å². The summed E-state index contributed by atoms with van der Waals surface area (Å²) in [4.78, 5) is 39.3. The van der Waals surface area contributed by atoms with E-state index in [1.807, 2.05) is 0 Å². The summed E-state index contributed by atoms with van der Waals surface area (Å²) in [5.41, 5.74) is 1.01. The monoisotopic (exact) mass is 636 g/mol. The number of halogens is 2. The Morgan fingerprint density at radius 1 is 1.00 bits per heavy atom. The molecule has 3 aromatic rings. The summed E-state index contributed by atoms with van der Waals surface area (Å²) in [6, 6.07) is 8.15. The van der Waals surface area contributed by atoms with E-state index in [2.05, 4.69) is 5.32 Å². The van der Waals surface area contributed by atoms with E-state index in [0.29, 0.717) is 16.0 Å². The number of hydrogen-bond donors (Lipinski definition) is 6. The molecule has 0 unspecified atom stereocenters. The lowest BCUT2D eigenvalue weighted by molar-refractivity contribution is -0.142. The van der Waals surface area contributed by atoms with Gasteiger partial charge >= 0.3 is 5.97 Å². The Morgan fingerprint density at radius 2 is 1.69 bits per heavy atom. The number of amides is 2. The van der Waals surface area contributed by atoms with Crippen LogP contribution in [0.4, 0.5) is 14.5 Å². The Hall–Kier alpha value is -3.57. The number of thioether (sulfide) groups is 1. The molecule has 0 spiro atoms. The number of benzene rings is 2. The number of carbonyl (C=O) groups excluding carboxylic acids is 2. The molecule has 2 amide bonds. The molecule has 1 aliphatic rings. The van der Waals surface area contributed by atoms with Gasteiger partial charge in [0.1, 0.15) is 28.7 Å². The molecule has 1 aromatic heterocycles. The topological polar surface area (TPSA) is 168 Å². The van der Waals surface area contributed by atoms with Gasteiger partial charge in [-0.25, -0.2) is 13.6 Å². The summed E-state index contributed by atoms with van der Waals surface area (Å²) >= 11 is 7.32. The molecule has 42 heavy (non-hydrogen) atoms. The molecule has 1 saturated heterocycles. The first-order chi connectivity index (χ1) is 19.9. The maximum Gasteiger partial charge on any atom is 0.335 e. The zero-order valence-corrected chi connectivity index (χ0v) is 23.6. The predicted octanol–water partition coefficient (Wildman–Crippen LogP) is 2.68. The number of carbonyl (C=O) groups is 3. The molecule has 1 aliphatic heterocycles. The molecule has 0 radical (unpaired) electrons. The van der Waals surface area contributed by atoms with Crippen molar-refractivity contribution in [3.05, 3.63) is 80.9 Å². The molecule has 0 saturated carbocycles. The number of rotatable bonds is 10. The first-order valence-corrected chi connectivity index (χ1v) is 14.1. The molecule has 15 heteroatoms. The van der Waals surface area contributed by atoms with Crippen LogP contribution in [0.15, 0.2) is 58.8 Å². The fourth-order valence-corrected chi connectivity index (χ4v) is 6.21. The van der Waals surface area contributed by atoms with Crippen molar-refractivity contribution in [2.75, 3.05) is 11.9 Å². The SMILES string of the molecule is O=C(O)c1ccc(NC(=O)[C@H]([C@@H](O)[C@H](O)[C@H](O)CO)N2C(=O)C(=Cc3cc(-c4ccc(F)c(F)c4)cs3)SC2=S)cc1. The zero-order chi connectivity index (χ0) is 30.7. The number of thiophene rings is 1. The molecule has 0 aliphatic carbocycles. The van der Waals surface area contributed by atoms with Crippen LogP contribution in [0, 0.1) is 11.6 Å². The van der Waals surface area contributed by atoms with Crippen LogP contribution >= 0.6 is 35.3 Å². The average Bonchev–Trinajstić information content (AvgIpc) is 3.54. The molecule has 220 valence electrons. The van der Waals surface area contributed by atoms with E-state index in [-0.39, 0.29) is 20.5 Å². The maximum atomic E-state index is 13.7. The van der Waals surface area contributed by atoms with Gasteiger partial charge in [0.05, 0.1) is 17.1 Å². The minimum atomic E-state index is -2.12. The van der Waals surface area contributed by atoms with Gasteiger partial charge < -0.3 is 30.8 Å². The number of aromatic carboxylic acids is 1. The highest BCUT2D eigenvalue weighted by molar-refractivity contribution is 8.26. The largest absolute Gasteiger partial charge is 0.478 e. The summed E-state index contributed by atoms with van der Waals surface area (Å²) in [6.45, 7) is -0.958. The van der Waals surface area contributed by atoms with Crippen molar-refractivity contribution in [3.8, 4) is 11.1 Å². The molecule has 1 fully saturated rings. The van der Waals surface area contributed by atoms with Gasteiger partial charge in [0.2, 0.25) is 5.91 Å². The molecular weight excluding hydrogens is 615 g/mol. The van der Waals surface area contributed by atoms with Crippen LogP contribution in [0.2, 0.25) is 0 Å². The van der Waals surface area contributed by atoms with Gasteiger partial charge in [-0.3, -0.25) is 14.5 Å². The number of aliphatic hydroxyl groups is 4. The van der Waals surface area contributed by atoms with Gasteiger partial charge in [-0.1, -0.05) is 30.0 Å². The van der Waals surface area contributed by atoms with Gasteiger partial charge in [0.25, 0.3) is 5.91 Å². The van der Waals surface area contributed by atoms with Crippen molar-refractivity contribution in [2.24, 2.45) is 0 Å². The molecule has 4 rings (SSSR count). The summed E-state index contributed by atoms with van der Waals surface area (Å²) in [7, 11) is 0. The van der Waals surface area contributed by atoms with Crippen LogP contribution in [0.1, 0.15) is 15.2 Å². The second-order valence-electron chi connectivity index (χ2n) is 8.97. The van der Waals surface area contributed by atoms with Crippen molar-refractivity contribution in [1.29, 1.82) is 0 Å². The third-order valence-corrected chi connectivity index (χ3v) is 8.38. The van der Waals surface area contributed by atoms with Crippen molar-refractivity contribution in [1.82, 2.24) is 4.90 Å². The number of nitrogens with zero attached hydrogens (tertiary/aromatic N) is 1. The van der Waals surface area contributed by atoms with Crippen molar-refractivity contribution in [3.63, 3.8) is 0 Å². The van der Waals surface area contributed by atoms with Gasteiger partial charge in [-0.2, -0.15) is 0 Å². The molecular formula is C27H22F2N2O8S3. The fourth-order valence-electron chi connectivity index (χ4n) is 3.96. The molecule has 0 bridgehead atoms. The highest BCUT2D eigenvalue weighted by Gasteiger charge is 2.47. The lowest BCUT2D eigenvalue weighted by Crippen LogP contribution is -2.58. The van der Waals surface area contributed by atoms with E-state index in [1.54, 1.807) is 11.4 Å². The van der Waals surface area contributed by atoms with Gasteiger partial charge in [0, 0.05) is 10.6 Å². The van der Waals surface area contributed by atoms with Gasteiger partial charge in [0.15, 0.2) is 11.6 Å². The number of anilines is 1. The smallest absolute Gasteiger partial charge is 0.335 e. The zero-order valence-electron chi connectivity index (χ0n) is 21.2. The third-order valence-electron chi connectivity index (χ3n) is 6.17. The van der Waals surface area contributed by atoms with E-state index in [0.717, 1.165) is 28.8 Å². The second-order valence-corrected chi connectivity index (χ2v) is 11.6. The van der Waals surface area contributed by atoms with Crippen LogP contribution in [-0.2, 0) is 9.59 Å². The quantitative estimate of drug-likeness (QED) is 0.144. The van der Waals surface area contributed by atoms with Crippen molar-refractivity contribution in [2.45, 2.75) is 24.4 Å². The second kappa shape index (κ2) is 13.2. The van der Waals surface area contributed by atoms with E-state index >= 15 is 0 Å². The first-order valence-electron chi connectivity index (χ1n) is 12.0. The summed E-state index contributed by atoms with van der Waals surface area (Å²) < 4.78 is 26.8. The van der Waals surface area contributed by atoms with Crippen LogP contribution in [0.5, 0.6) is 0 Å². The third kappa shape index (κ3) is 6.73. The number of carboxylic acids is 1. The Bertz CT molecular complexity index is 1560. The standard InChI is InChI=1S/C27H22F2N2O8S3/c28-17-6-3-13(8-18(17)29)14-7-16(41-11-14)9-20-25(37)31(27(40)42-20)21(23(35)22(34)19(33)10-32)24(36)30-15-4-1-12(2-5-15)26(38)39/h1-9,11,19,21-23,32-35H,10H2,(H,30,36)(H,38,39)/t19-,21+,22-,23-/m1/s1. The van der Waals surface area contributed by atoms with E-state index < -0.39 is 60.4 Å². The Balaban J connectivity index is 1.62. The number of carboxylic acid groups (broad SMARTS) is 1. The Kier molecular flexibility index (Phi) is 9.83. The molecule has 2 heterocycles. The lowest BCUT2D eigenvalue weighted by Gasteiger charge is -2.33. The highest BCUT2D eigenvalue weighted by atomic mass is 32.2. The molecule has 10 nitrogen and oxygen atoms in total. The molecule has 6 N–H and O–H groups in total. The first kappa shape index (κ1) is 31.4. The van der Waals surface area contributed by atoms with Crippen LogP contribution < -0.4 is 5.32 Å². The minimum absolute atomic E-state index is 0.0479. The number of thiocarbonyl (C=S) groups is 1. The Morgan fingerprint density at radius 3 is 2.31 bits per heavy atom.